The Hall–Kier alpha value is -2.38. The molecule has 31 heavy (non-hydrogen) atoms. The minimum absolute atomic E-state index is 0.0163. The monoisotopic (exact) mass is 469 g/mol. The molecule has 0 saturated heterocycles. The van der Waals surface area contributed by atoms with Crippen molar-refractivity contribution in [3.05, 3.63) is 58.1 Å². The van der Waals surface area contributed by atoms with E-state index in [1.54, 1.807) is 0 Å². The number of carbonyl (C=O) groups is 2. The highest BCUT2D eigenvalue weighted by Gasteiger charge is 2.68. The molecule has 0 aromatic heterocycles. The van der Waals surface area contributed by atoms with Gasteiger partial charge in [0.15, 0.2) is 12.4 Å². The van der Waals surface area contributed by atoms with Gasteiger partial charge in [-0.15, -0.1) is 0 Å². The van der Waals surface area contributed by atoms with E-state index in [0.717, 1.165) is 25.3 Å². The van der Waals surface area contributed by atoms with E-state index in [9.17, 15) is 18.4 Å². The maximum Gasteiger partial charge on any atom is 0.258 e. The number of nitrogens with one attached hydrogen (secondary N) is 1. The third kappa shape index (κ3) is 4.77. The third-order valence-corrected chi connectivity index (χ3v) is 6.26. The number of hydrogen-bond donors (Lipinski definition) is 1. The highest BCUT2D eigenvalue weighted by molar-refractivity contribution is 6.31. The van der Waals surface area contributed by atoms with Crippen molar-refractivity contribution in [2.24, 2.45) is 5.41 Å². The third-order valence-electron chi connectivity index (χ3n) is 5.67. The predicted molar refractivity (Wildman–Crippen MR) is 111 cm³/mol. The lowest BCUT2D eigenvalue weighted by Crippen LogP contribution is -2.75. The Morgan fingerprint density at radius 1 is 0.903 bits per heavy atom. The fourth-order valence-corrected chi connectivity index (χ4v) is 4.85. The Morgan fingerprint density at radius 2 is 1.55 bits per heavy atom. The van der Waals surface area contributed by atoms with E-state index in [2.05, 4.69) is 5.32 Å². The van der Waals surface area contributed by atoms with Crippen molar-refractivity contribution >= 4 is 34.9 Å². The molecule has 3 aliphatic rings. The van der Waals surface area contributed by atoms with Crippen LogP contribution in [-0.2, 0) is 9.59 Å². The van der Waals surface area contributed by atoms with Gasteiger partial charge in [-0.05, 0) is 48.9 Å². The molecule has 2 bridgehead atoms. The zero-order valence-corrected chi connectivity index (χ0v) is 17.9. The molecule has 3 fully saturated rings. The van der Waals surface area contributed by atoms with Gasteiger partial charge >= 0.3 is 0 Å². The molecule has 0 aliphatic heterocycles. The van der Waals surface area contributed by atoms with Crippen LogP contribution in [-0.4, -0.2) is 30.4 Å². The maximum absolute atomic E-state index is 13.4. The van der Waals surface area contributed by atoms with Crippen LogP contribution in [0.2, 0.25) is 10.0 Å². The second-order valence-electron chi connectivity index (χ2n) is 8.30. The molecule has 5 rings (SSSR count). The van der Waals surface area contributed by atoms with Crippen molar-refractivity contribution in [1.82, 2.24) is 5.32 Å². The van der Waals surface area contributed by atoms with E-state index in [0.29, 0.717) is 12.2 Å². The Morgan fingerprint density at radius 3 is 2.23 bits per heavy atom. The van der Waals surface area contributed by atoms with Gasteiger partial charge in [-0.1, -0.05) is 23.2 Å². The molecular weight excluding hydrogens is 451 g/mol. The second-order valence-corrected chi connectivity index (χ2v) is 9.12. The van der Waals surface area contributed by atoms with E-state index >= 15 is 0 Å². The number of amides is 1. The molecule has 3 saturated carbocycles. The van der Waals surface area contributed by atoms with Gasteiger partial charge in [0.05, 0.1) is 10.0 Å². The highest BCUT2D eigenvalue weighted by Crippen LogP contribution is 2.68. The van der Waals surface area contributed by atoms with Crippen LogP contribution in [0, 0.1) is 17.0 Å². The zero-order valence-electron chi connectivity index (χ0n) is 16.4. The van der Waals surface area contributed by atoms with Gasteiger partial charge < -0.3 is 14.8 Å². The Labute approximate surface area is 187 Å². The fourth-order valence-electron chi connectivity index (χ4n) is 4.57. The molecule has 5 nitrogen and oxygen atoms in total. The van der Waals surface area contributed by atoms with Crippen LogP contribution in [0.15, 0.2) is 36.4 Å². The van der Waals surface area contributed by atoms with Gasteiger partial charge in [0, 0.05) is 24.1 Å². The first kappa shape index (κ1) is 21.8. The summed E-state index contributed by atoms with van der Waals surface area (Å²) in [5.41, 5.74) is -0.397. The van der Waals surface area contributed by atoms with Crippen molar-refractivity contribution in [2.45, 2.75) is 31.2 Å². The first-order valence-electron chi connectivity index (χ1n) is 9.66. The SMILES string of the molecule is O=C(COc1ccc(F)c(Cl)c1)CC12CC(NC(=O)COc3ccc(Cl)c(F)c3)(C1)C2. The Kier molecular flexibility index (Phi) is 5.83. The molecule has 1 amide bonds. The highest BCUT2D eigenvalue weighted by atomic mass is 35.5. The quantitative estimate of drug-likeness (QED) is 0.576. The average molecular weight is 470 g/mol. The molecule has 0 radical (unpaired) electrons. The molecule has 2 aromatic rings. The number of ether oxygens (including phenoxy) is 2. The Balaban J connectivity index is 1.17. The van der Waals surface area contributed by atoms with Crippen LogP contribution in [0.25, 0.3) is 0 Å². The van der Waals surface area contributed by atoms with Crippen LogP contribution in [0.5, 0.6) is 11.5 Å². The Bertz CT molecular complexity index is 947. The summed E-state index contributed by atoms with van der Waals surface area (Å²) in [6.07, 6.45) is 2.51. The van der Waals surface area contributed by atoms with E-state index in [-0.39, 0.29) is 51.7 Å². The molecular formula is C22H19Cl2F2NO4. The van der Waals surface area contributed by atoms with Crippen molar-refractivity contribution in [1.29, 1.82) is 0 Å². The number of halogens is 4. The lowest BCUT2D eigenvalue weighted by atomic mass is 9.38. The van der Waals surface area contributed by atoms with E-state index in [1.165, 1.54) is 30.3 Å². The van der Waals surface area contributed by atoms with Crippen molar-refractivity contribution in [3.63, 3.8) is 0 Å². The maximum atomic E-state index is 13.4. The summed E-state index contributed by atoms with van der Waals surface area (Å²) >= 11 is 11.3. The van der Waals surface area contributed by atoms with E-state index < -0.39 is 11.6 Å². The number of rotatable bonds is 9. The summed E-state index contributed by atoms with van der Waals surface area (Å²) in [4.78, 5) is 24.4. The summed E-state index contributed by atoms with van der Waals surface area (Å²) < 4.78 is 37.3. The largest absolute Gasteiger partial charge is 0.486 e. The van der Waals surface area contributed by atoms with Crippen molar-refractivity contribution in [2.75, 3.05) is 13.2 Å². The first-order valence-corrected chi connectivity index (χ1v) is 10.4. The molecule has 2 aromatic carbocycles. The van der Waals surface area contributed by atoms with E-state index in [4.69, 9.17) is 32.7 Å². The first-order chi connectivity index (χ1) is 14.7. The molecule has 1 N–H and O–H groups in total. The zero-order chi connectivity index (χ0) is 22.2. The fraction of sp³-hybridized carbons (Fsp3) is 0.364. The van der Waals surface area contributed by atoms with Gasteiger partial charge in [0.25, 0.3) is 5.91 Å². The van der Waals surface area contributed by atoms with Gasteiger partial charge in [-0.25, -0.2) is 8.78 Å². The van der Waals surface area contributed by atoms with Crippen LogP contribution in [0.1, 0.15) is 25.7 Å². The normalized spacial score (nSPS) is 23.4. The number of hydrogen-bond acceptors (Lipinski definition) is 4. The van der Waals surface area contributed by atoms with Crippen molar-refractivity contribution < 1.29 is 27.8 Å². The lowest BCUT2D eigenvalue weighted by Gasteiger charge is -2.70. The van der Waals surface area contributed by atoms with Gasteiger partial charge in [-0.3, -0.25) is 9.59 Å². The van der Waals surface area contributed by atoms with Gasteiger partial charge in [-0.2, -0.15) is 0 Å². The summed E-state index contributed by atoms with van der Waals surface area (Å²) in [6, 6.07) is 7.90. The lowest BCUT2D eigenvalue weighted by molar-refractivity contribution is -0.173. The molecule has 3 aliphatic carbocycles. The van der Waals surface area contributed by atoms with E-state index in [1.807, 2.05) is 0 Å². The predicted octanol–water partition coefficient (Wildman–Crippen LogP) is 4.73. The number of Topliss-reactive ketones (excluding diaryl/α,β-unsaturated/α-hetero) is 1. The summed E-state index contributed by atoms with van der Waals surface area (Å²) in [6.45, 7) is -0.350. The smallest absolute Gasteiger partial charge is 0.258 e. The number of carbonyl (C=O) groups excluding carboxylic acids is 2. The second kappa shape index (κ2) is 8.28. The molecule has 0 atom stereocenters. The minimum Gasteiger partial charge on any atom is -0.486 e. The number of ketones is 1. The molecule has 0 heterocycles. The summed E-state index contributed by atoms with van der Waals surface area (Å²) in [7, 11) is 0. The molecule has 9 heteroatoms. The molecule has 0 unspecified atom stereocenters. The van der Waals surface area contributed by atoms with Crippen LogP contribution in [0.4, 0.5) is 8.78 Å². The standard InChI is InChI=1S/C22H19Cl2F2NO4/c23-16-3-1-15(6-19(16)26)31-9-20(29)27-22-10-21(11-22,12-22)7-13(28)8-30-14-2-4-18(25)17(24)5-14/h1-6H,7-12H2,(H,27,29). The van der Waals surface area contributed by atoms with Gasteiger partial charge in [0.1, 0.15) is 29.7 Å². The van der Waals surface area contributed by atoms with Crippen LogP contribution < -0.4 is 14.8 Å². The van der Waals surface area contributed by atoms with Crippen LogP contribution >= 0.6 is 23.2 Å². The summed E-state index contributed by atoms with van der Waals surface area (Å²) in [5, 5.41) is 2.87. The van der Waals surface area contributed by atoms with Crippen LogP contribution in [0.3, 0.4) is 0 Å². The molecule has 0 spiro atoms. The average Bonchev–Trinajstić information content (AvgIpc) is 2.67. The minimum atomic E-state index is -0.614. The van der Waals surface area contributed by atoms with Crippen molar-refractivity contribution in [3.8, 4) is 11.5 Å². The summed E-state index contributed by atoms with van der Waals surface area (Å²) in [5.74, 6) is -0.968. The topological polar surface area (TPSA) is 64.6 Å². The van der Waals surface area contributed by atoms with Gasteiger partial charge in [0.2, 0.25) is 0 Å². The molecule has 164 valence electrons. The number of benzene rings is 2.